The van der Waals surface area contributed by atoms with Crippen LogP contribution in [0.15, 0.2) is 62.9 Å². The molecule has 0 amide bonds. The molecule has 2 aromatic heterocycles. The molecule has 0 aliphatic carbocycles. The van der Waals surface area contributed by atoms with Crippen LogP contribution in [0.25, 0.3) is 22.4 Å². The molecule has 0 aliphatic heterocycles. The zero-order chi connectivity index (χ0) is 21.8. The van der Waals surface area contributed by atoms with Crippen LogP contribution in [0.1, 0.15) is 24.5 Å². The number of ether oxygens (including phenoxy) is 1. The number of benzene rings is 2. The standard InChI is InChI=1S/C22H21ClN4O3S/c1-14(19-25-26-20(30-19)15-7-4-3-5-8-15)31-22-24-18-13-16(23)9-10-17(18)21(28)27(22)11-6-12-29-2/h3-5,7-10,13-14H,6,11-12H2,1-2H3. The number of methoxy groups -OCH3 is 1. The zero-order valence-electron chi connectivity index (χ0n) is 17.1. The third-order valence-corrected chi connectivity index (χ3v) is 6.02. The highest BCUT2D eigenvalue weighted by molar-refractivity contribution is 7.99. The highest BCUT2D eigenvalue weighted by atomic mass is 35.5. The summed E-state index contributed by atoms with van der Waals surface area (Å²) in [5.41, 5.74) is 1.31. The van der Waals surface area contributed by atoms with Crippen molar-refractivity contribution in [3.63, 3.8) is 0 Å². The van der Waals surface area contributed by atoms with Gasteiger partial charge in [-0.2, -0.15) is 0 Å². The Morgan fingerprint density at radius 2 is 2.00 bits per heavy atom. The topological polar surface area (TPSA) is 83.0 Å². The van der Waals surface area contributed by atoms with E-state index in [1.807, 2.05) is 37.3 Å². The molecule has 0 saturated heterocycles. The molecule has 0 saturated carbocycles. The molecule has 0 bridgehead atoms. The van der Waals surface area contributed by atoms with Gasteiger partial charge in [-0.1, -0.05) is 41.6 Å². The van der Waals surface area contributed by atoms with Crippen LogP contribution in [-0.4, -0.2) is 33.5 Å². The molecule has 160 valence electrons. The number of aromatic nitrogens is 4. The first-order valence-electron chi connectivity index (χ1n) is 9.81. The van der Waals surface area contributed by atoms with Crippen molar-refractivity contribution >= 4 is 34.3 Å². The molecule has 1 atom stereocenters. The Kier molecular flexibility index (Phi) is 6.70. The summed E-state index contributed by atoms with van der Waals surface area (Å²) >= 11 is 7.52. The number of thioether (sulfide) groups is 1. The van der Waals surface area contributed by atoms with Crippen molar-refractivity contribution in [3.8, 4) is 11.5 Å². The smallest absolute Gasteiger partial charge is 0.262 e. The van der Waals surface area contributed by atoms with Crippen LogP contribution < -0.4 is 5.56 Å². The molecule has 2 heterocycles. The summed E-state index contributed by atoms with van der Waals surface area (Å²) in [6.45, 7) is 2.99. The molecule has 0 spiro atoms. The van der Waals surface area contributed by atoms with Gasteiger partial charge in [0.15, 0.2) is 5.16 Å². The summed E-state index contributed by atoms with van der Waals surface area (Å²) in [4.78, 5) is 17.9. The van der Waals surface area contributed by atoms with Gasteiger partial charge >= 0.3 is 0 Å². The van der Waals surface area contributed by atoms with Crippen molar-refractivity contribution in [2.24, 2.45) is 0 Å². The van der Waals surface area contributed by atoms with Crippen molar-refractivity contribution in [1.29, 1.82) is 0 Å². The van der Waals surface area contributed by atoms with E-state index in [9.17, 15) is 4.79 Å². The van der Waals surface area contributed by atoms with E-state index in [0.29, 0.717) is 52.4 Å². The summed E-state index contributed by atoms with van der Waals surface area (Å²) < 4.78 is 12.7. The largest absolute Gasteiger partial charge is 0.419 e. The van der Waals surface area contributed by atoms with Crippen molar-refractivity contribution in [2.75, 3.05) is 13.7 Å². The van der Waals surface area contributed by atoms with Gasteiger partial charge in [0.2, 0.25) is 11.8 Å². The maximum atomic E-state index is 13.1. The Balaban J connectivity index is 1.67. The second-order valence-electron chi connectivity index (χ2n) is 6.93. The molecular weight excluding hydrogens is 436 g/mol. The molecule has 9 heteroatoms. The van der Waals surface area contributed by atoms with E-state index in [4.69, 9.17) is 25.7 Å². The third-order valence-electron chi connectivity index (χ3n) is 4.70. The lowest BCUT2D eigenvalue weighted by Crippen LogP contribution is -2.24. The third kappa shape index (κ3) is 4.81. The van der Waals surface area contributed by atoms with Crippen LogP contribution in [0, 0.1) is 0 Å². The second-order valence-corrected chi connectivity index (χ2v) is 8.67. The van der Waals surface area contributed by atoms with Gasteiger partial charge in [-0.05, 0) is 43.7 Å². The van der Waals surface area contributed by atoms with E-state index in [-0.39, 0.29) is 10.8 Å². The molecule has 2 aromatic carbocycles. The molecule has 4 rings (SSSR count). The van der Waals surface area contributed by atoms with Crippen molar-refractivity contribution in [1.82, 2.24) is 19.7 Å². The summed E-state index contributed by atoms with van der Waals surface area (Å²) in [5, 5.41) is 9.79. The second kappa shape index (κ2) is 9.64. The molecule has 0 N–H and O–H groups in total. The van der Waals surface area contributed by atoms with Gasteiger partial charge in [0.05, 0.1) is 16.2 Å². The summed E-state index contributed by atoms with van der Waals surface area (Å²) in [6, 6.07) is 14.7. The van der Waals surface area contributed by atoms with Crippen molar-refractivity contribution in [3.05, 3.63) is 69.8 Å². The van der Waals surface area contributed by atoms with Crippen LogP contribution in [0.2, 0.25) is 5.02 Å². The van der Waals surface area contributed by atoms with E-state index in [2.05, 4.69) is 10.2 Å². The number of hydrogen-bond donors (Lipinski definition) is 0. The lowest BCUT2D eigenvalue weighted by atomic mass is 10.2. The minimum absolute atomic E-state index is 0.108. The summed E-state index contributed by atoms with van der Waals surface area (Å²) in [7, 11) is 1.64. The van der Waals surface area contributed by atoms with Crippen LogP contribution in [0.4, 0.5) is 0 Å². The zero-order valence-corrected chi connectivity index (χ0v) is 18.7. The molecule has 31 heavy (non-hydrogen) atoms. The lowest BCUT2D eigenvalue weighted by Gasteiger charge is -2.15. The van der Waals surface area contributed by atoms with E-state index in [0.717, 1.165) is 5.56 Å². The Hall–Kier alpha value is -2.68. The fraction of sp³-hybridized carbons (Fsp3) is 0.273. The van der Waals surface area contributed by atoms with Gasteiger partial charge in [-0.15, -0.1) is 10.2 Å². The molecule has 4 aromatic rings. The van der Waals surface area contributed by atoms with Gasteiger partial charge in [0.1, 0.15) is 0 Å². The van der Waals surface area contributed by atoms with Crippen LogP contribution in [0.3, 0.4) is 0 Å². The first kappa shape index (κ1) is 21.5. The average Bonchev–Trinajstić information content (AvgIpc) is 3.27. The van der Waals surface area contributed by atoms with Crippen molar-refractivity contribution in [2.45, 2.75) is 30.3 Å². The Morgan fingerprint density at radius 1 is 1.19 bits per heavy atom. The molecule has 0 aliphatic rings. The normalized spacial score (nSPS) is 12.4. The highest BCUT2D eigenvalue weighted by Gasteiger charge is 2.20. The van der Waals surface area contributed by atoms with Gasteiger partial charge in [-0.25, -0.2) is 4.98 Å². The van der Waals surface area contributed by atoms with Gasteiger partial charge in [0, 0.05) is 30.8 Å². The lowest BCUT2D eigenvalue weighted by molar-refractivity contribution is 0.189. The fourth-order valence-corrected chi connectivity index (χ4v) is 4.26. The van der Waals surface area contributed by atoms with Gasteiger partial charge in [-0.3, -0.25) is 9.36 Å². The number of nitrogens with zero attached hydrogens (tertiary/aromatic N) is 4. The van der Waals surface area contributed by atoms with E-state index in [1.54, 1.807) is 29.9 Å². The minimum atomic E-state index is -0.206. The van der Waals surface area contributed by atoms with Crippen LogP contribution in [0.5, 0.6) is 0 Å². The van der Waals surface area contributed by atoms with Crippen LogP contribution in [-0.2, 0) is 11.3 Å². The van der Waals surface area contributed by atoms with E-state index >= 15 is 0 Å². The number of hydrogen-bond acceptors (Lipinski definition) is 7. The predicted molar refractivity (Wildman–Crippen MR) is 122 cm³/mol. The summed E-state index contributed by atoms with van der Waals surface area (Å²) in [5.74, 6) is 0.923. The predicted octanol–water partition coefficient (Wildman–Crippen LogP) is 4.99. The Bertz CT molecular complexity index is 1240. The first-order valence-corrected chi connectivity index (χ1v) is 11.1. The number of fused-ring (bicyclic) bond motifs is 1. The first-order chi connectivity index (χ1) is 15.1. The minimum Gasteiger partial charge on any atom is -0.419 e. The highest BCUT2D eigenvalue weighted by Crippen LogP contribution is 2.34. The van der Waals surface area contributed by atoms with Gasteiger partial charge in [0.25, 0.3) is 5.56 Å². The molecule has 0 radical (unpaired) electrons. The maximum absolute atomic E-state index is 13.1. The Morgan fingerprint density at radius 3 is 2.77 bits per heavy atom. The molecule has 0 fully saturated rings. The number of rotatable bonds is 8. The monoisotopic (exact) mass is 456 g/mol. The van der Waals surface area contributed by atoms with Crippen molar-refractivity contribution < 1.29 is 9.15 Å². The van der Waals surface area contributed by atoms with Gasteiger partial charge < -0.3 is 9.15 Å². The average molecular weight is 457 g/mol. The van der Waals surface area contributed by atoms with Crippen LogP contribution >= 0.6 is 23.4 Å². The molecule has 1 unspecified atom stereocenters. The molecular formula is C22H21ClN4O3S. The maximum Gasteiger partial charge on any atom is 0.262 e. The summed E-state index contributed by atoms with van der Waals surface area (Å²) in [6.07, 6.45) is 0.692. The van der Waals surface area contributed by atoms with E-state index < -0.39 is 0 Å². The molecule has 7 nitrogen and oxygen atoms in total. The Labute approximate surface area is 188 Å². The number of halogens is 1. The SMILES string of the molecule is COCCCn1c(SC(C)c2nnc(-c3ccccc3)o2)nc2cc(Cl)ccc2c1=O. The quantitative estimate of drug-likeness (QED) is 0.210. The fourth-order valence-electron chi connectivity index (χ4n) is 3.13. The van der Waals surface area contributed by atoms with E-state index in [1.165, 1.54) is 11.8 Å².